The van der Waals surface area contributed by atoms with Crippen LogP contribution >= 0.6 is 15.9 Å². The van der Waals surface area contributed by atoms with E-state index < -0.39 is 11.7 Å². The Bertz CT molecular complexity index is 442. The predicted molar refractivity (Wildman–Crippen MR) is 72.0 cm³/mol. The molecular weight excluding hydrogens is 321 g/mol. The Balaban J connectivity index is 2.63. The van der Waals surface area contributed by atoms with Crippen molar-refractivity contribution in [3.05, 3.63) is 22.4 Å². The SMILES string of the molecule is COCCOCC(=O)Nc1cc(F)cc(Br)c1OC. The molecule has 0 aromatic heterocycles. The second-order valence-electron chi connectivity index (χ2n) is 3.56. The lowest BCUT2D eigenvalue weighted by Crippen LogP contribution is -2.20. The predicted octanol–water partition coefficient (Wildman–Crippen LogP) is 2.20. The van der Waals surface area contributed by atoms with Crippen molar-refractivity contribution in [1.29, 1.82) is 0 Å². The van der Waals surface area contributed by atoms with Crippen LogP contribution in [0.5, 0.6) is 5.75 Å². The molecule has 7 heteroatoms. The van der Waals surface area contributed by atoms with Crippen molar-refractivity contribution < 1.29 is 23.4 Å². The number of carbonyl (C=O) groups excluding carboxylic acids is 1. The molecule has 0 unspecified atom stereocenters. The molecule has 5 nitrogen and oxygen atoms in total. The molecule has 1 rings (SSSR count). The highest BCUT2D eigenvalue weighted by atomic mass is 79.9. The van der Waals surface area contributed by atoms with E-state index in [1.165, 1.54) is 19.2 Å². The number of anilines is 1. The first-order valence-electron chi connectivity index (χ1n) is 5.48. The van der Waals surface area contributed by atoms with Gasteiger partial charge in [-0.15, -0.1) is 0 Å². The number of hydrogen-bond acceptors (Lipinski definition) is 4. The molecule has 0 saturated carbocycles. The Labute approximate surface area is 119 Å². The van der Waals surface area contributed by atoms with Crippen LogP contribution in [0.1, 0.15) is 0 Å². The molecule has 0 aliphatic rings. The normalized spacial score (nSPS) is 10.3. The second-order valence-corrected chi connectivity index (χ2v) is 4.42. The molecule has 0 radical (unpaired) electrons. The quantitative estimate of drug-likeness (QED) is 0.776. The number of nitrogens with one attached hydrogen (secondary N) is 1. The molecular formula is C12H15BrFNO4. The molecule has 0 aliphatic carbocycles. The van der Waals surface area contributed by atoms with Crippen molar-refractivity contribution in [3.8, 4) is 5.75 Å². The van der Waals surface area contributed by atoms with Gasteiger partial charge in [-0.2, -0.15) is 0 Å². The Morgan fingerprint density at radius 3 is 2.74 bits per heavy atom. The average Bonchev–Trinajstić information content (AvgIpc) is 2.34. The fourth-order valence-electron chi connectivity index (χ4n) is 1.35. The van der Waals surface area contributed by atoms with Gasteiger partial charge in [-0.1, -0.05) is 0 Å². The standard InChI is InChI=1S/C12H15BrFNO4/c1-17-3-4-19-7-11(16)15-10-6-8(14)5-9(13)12(10)18-2/h5-6H,3-4,7H2,1-2H3,(H,15,16). The summed E-state index contributed by atoms with van der Waals surface area (Å²) in [6.45, 7) is 0.580. The molecule has 106 valence electrons. The molecule has 0 spiro atoms. The first kappa shape index (κ1) is 15.9. The van der Waals surface area contributed by atoms with Crippen LogP contribution in [0.4, 0.5) is 10.1 Å². The number of hydrogen-bond donors (Lipinski definition) is 1. The van der Waals surface area contributed by atoms with Gasteiger partial charge in [0.05, 0.1) is 30.5 Å². The van der Waals surface area contributed by atoms with Crippen LogP contribution in [0.25, 0.3) is 0 Å². The summed E-state index contributed by atoms with van der Waals surface area (Å²) in [4.78, 5) is 11.6. The Hall–Kier alpha value is -1.18. The number of benzene rings is 1. The van der Waals surface area contributed by atoms with E-state index in [2.05, 4.69) is 21.2 Å². The smallest absolute Gasteiger partial charge is 0.250 e. The maximum Gasteiger partial charge on any atom is 0.250 e. The summed E-state index contributed by atoms with van der Waals surface area (Å²) >= 11 is 3.16. The molecule has 0 bridgehead atoms. The highest BCUT2D eigenvalue weighted by Gasteiger charge is 2.12. The second kappa shape index (κ2) is 8.08. The first-order valence-corrected chi connectivity index (χ1v) is 6.27. The lowest BCUT2D eigenvalue weighted by Gasteiger charge is -2.12. The van der Waals surface area contributed by atoms with E-state index in [9.17, 15) is 9.18 Å². The van der Waals surface area contributed by atoms with Gasteiger partial charge in [0.1, 0.15) is 12.4 Å². The number of carbonyl (C=O) groups is 1. The lowest BCUT2D eigenvalue weighted by atomic mass is 10.3. The van der Waals surface area contributed by atoms with Gasteiger partial charge in [-0.25, -0.2) is 4.39 Å². The van der Waals surface area contributed by atoms with E-state index in [0.29, 0.717) is 23.4 Å². The highest BCUT2D eigenvalue weighted by molar-refractivity contribution is 9.10. The molecule has 0 fully saturated rings. The summed E-state index contributed by atoms with van der Waals surface area (Å²) in [5.41, 5.74) is 0.245. The van der Waals surface area contributed by atoms with Gasteiger partial charge in [0.15, 0.2) is 5.75 Å². The molecule has 1 N–H and O–H groups in total. The van der Waals surface area contributed by atoms with Gasteiger partial charge in [0, 0.05) is 13.2 Å². The third kappa shape index (κ3) is 5.14. The van der Waals surface area contributed by atoms with Crippen LogP contribution in [-0.4, -0.2) is 39.9 Å². The summed E-state index contributed by atoms with van der Waals surface area (Å²) in [5.74, 6) is -0.526. The molecule has 1 aromatic carbocycles. The Kier molecular flexibility index (Phi) is 6.75. The van der Waals surface area contributed by atoms with E-state index in [0.717, 1.165) is 0 Å². The van der Waals surface area contributed by atoms with Gasteiger partial charge in [0.2, 0.25) is 5.91 Å². The number of halogens is 2. The average molecular weight is 336 g/mol. The molecule has 0 saturated heterocycles. The topological polar surface area (TPSA) is 56.8 Å². The van der Waals surface area contributed by atoms with Crippen LogP contribution in [-0.2, 0) is 14.3 Å². The van der Waals surface area contributed by atoms with Crippen molar-refractivity contribution in [2.45, 2.75) is 0 Å². The van der Waals surface area contributed by atoms with E-state index >= 15 is 0 Å². The van der Waals surface area contributed by atoms with E-state index in [4.69, 9.17) is 14.2 Å². The van der Waals surface area contributed by atoms with Crippen molar-refractivity contribution in [1.82, 2.24) is 0 Å². The number of amides is 1. The van der Waals surface area contributed by atoms with Crippen molar-refractivity contribution in [2.24, 2.45) is 0 Å². The van der Waals surface area contributed by atoms with E-state index in [1.54, 1.807) is 7.11 Å². The number of rotatable bonds is 7. The van der Waals surface area contributed by atoms with E-state index in [1.807, 2.05) is 0 Å². The van der Waals surface area contributed by atoms with Gasteiger partial charge >= 0.3 is 0 Å². The van der Waals surface area contributed by atoms with Crippen LogP contribution in [0.15, 0.2) is 16.6 Å². The zero-order chi connectivity index (χ0) is 14.3. The summed E-state index contributed by atoms with van der Waals surface area (Å²) in [6.07, 6.45) is 0. The summed E-state index contributed by atoms with van der Waals surface area (Å²) < 4.78 is 28.6. The minimum Gasteiger partial charge on any atom is -0.493 e. The Morgan fingerprint density at radius 2 is 2.11 bits per heavy atom. The fraction of sp³-hybridized carbons (Fsp3) is 0.417. The van der Waals surface area contributed by atoms with Gasteiger partial charge < -0.3 is 19.5 Å². The largest absolute Gasteiger partial charge is 0.493 e. The lowest BCUT2D eigenvalue weighted by molar-refractivity contribution is -0.121. The molecule has 0 aliphatic heterocycles. The molecule has 1 amide bonds. The maximum absolute atomic E-state index is 13.3. The molecule has 0 atom stereocenters. The summed E-state index contributed by atoms with van der Waals surface area (Å²) in [7, 11) is 2.97. The minimum absolute atomic E-state index is 0.138. The van der Waals surface area contributed by atoms with Gasteiger partial charge in [-0.3, -0.25) is 4.79 Å². The summed E-state index contributed by atoms with van der Waals surface area (Å²) in [6, 6.07) is 2.43. The third-order valence-electron chi connectivity index (χ3n) is 2.15. The third-order valence-corrected chi connectivity index (χ3v) is 2.74. The van der Waals surface area contributed by atoms with E-state index in [-0.39, 0.29) is 12.3 Å². The number of ether oxygens (including phenoxy) is 3. The number of methoxy groups -OCH3 is 2. The van der Waals surface area contributed by atoms with Crippen LogP contribution in [0, 0.1) is 5.82 Å². The Morgan fingerprint density at radius 1 is 1.37 bits per heavy atom. The fourth-order valence-corrected chi connectivity index (χ4v) is 1.95. The molecule has 19 heavy (non-hydrogen) atoms. The molecule has 0 heterocycles. The van der Waals surface area contributed by atoms with Crippen LogP contribution < -0.4 is 10.1 Å². The monoisotopic (exact) mass is 335 g/mol. The van der Waals surface area contributed by atoms with Gasteiger partial charge in [-0.05, 0) is 22.0 Å². The minimum atomic E-state index is -0.483. The highest BCUT2D eigenvalue weighted by Crippen LogP contribution is 2.34. The zero-order valence-corrected chi connectivity index (χ0v) is 12.3. The molecule has 1 aromatic rings. The van der Waals surface area contributed by atoms with Crippen molar-refractivity contribution in [3.63, 3.8) is 0 Å². The maximum atomic E-state index is 13.3. The van der Waals surface area contributed by atoms with Crippen molar-refractivity contribution >= 4 is 27.5 Å². The van der Waals surface area contributed by atoms with Crippen LogP contribution in [0.3, 0.4) is 0 Å². The zero-order valence-electron chi connectivity index (χ0n) is 10.7. The first-order chi connectivity index (χ1) is 9.08. The van der Waals surface area contributed by atoms with Gasteiger partial charge in [0.25, 0.3) is 0 Å². The summed E-state index contributed by atoms with van der Waals surface area (Å²) in [5, 5.41) is 2.52. The van der Waals surface area contributed by atoms with Crippen molar-refractivity contribution in [2.75, 3.05) is 39.4 Å². The van der Waals surface area contributed by atoms with Crippen LogP contribution in [0.2, 0.25) is 0 Å².